The second-order valence-electron chi connectivity index (χ2n) is 5.02. The van der Waals surface area contributed by atoms with Gasteiger partial charge < -0.3 is 5.32 Å². The summed E-state index contributed by atoms with van der Waals surface area (Å²) in [6.45, 7) is 8.47. The van der Waals surface area contributed by atoms with Crippen LogP contribution in [-0.4, -0.2) is 22.8 Å². The quantitative estimate of drug-likeness (QED) is 0.834. The first-order chi connectivity index (χ1) is 8.40. The molecule has 0 saturated heterocycles. The predicted octanol–water partition coefficient (Wildman–Crippen LogP) is 3.08. The first-order valence-corrected chi connectivity index (χ1v) is 6.70. The smallest absolute Gasteiger partial charge is 0.253 e. The molecular weight excluding hydrogens is 248 g/mol. The van der Waals surface area contributed by atoms with Crippen molar-refractivity contribution in [3.8, 4) is 0 Å². The molecule has 0 aliphatic heterocycles. The maximum Gasteiger partial charge on any atom is 0.253 e. The molecule has 0 aliphatic carbocycles. The number of aromatic nitrogens is 1. The predicted molar refractivity (Wildman–Crippen MR) is 75.1 cm³/mol. The van der Waals surface area contributed by atoms with Crippen LogP contribution in [0.25, 0.3) is 0 Å². The summed E-state index contributed by atoms with van der Waals surface area (Å²) in [4.78, 5) is 16.2. The van der Waals surface area contributed by atoms with Gasteiger partial charge in [0.1, 0.15) is 0 Å². The van der Waals surface area contributed by atoms with Crippen molar-refractivity contribution in [1.29, 1.82) is 0 Å². The Morgan fingerprint density at radius 1 is 1.39 bits per heavy atom. The number of pyridine rings is 1. The molecule has 1 aromatic heterocycles. The van der Waals surface area contributed by atoms with Gasteiger partial charge in [0.25, 0.3) is 5.91 Å². The van der Waals surface area contributed by atoms with E-state index in [0.717, 1.165) is 17.8 Å². The van der Waals surface area contributed by atoms with Crippen LogP contribution in [0, 0.1) is 19.8 Å². The molecule has 0 radical (unpaired) electrons. The molecule has 18 heavy (non-hydrogen) atoms. The van der Waals surface area contributed by atoms with Crippen LogP contribution in [0.4, 0.5) is 0 Å². The second-order valence-corrected chi connectivity index (χ2v) is 5.64. The number of carbonyl (C=O) groups excluding carboxylic acids is 1. The van der Waals surface area contributed by atoms with Crippen molar-refractivity contribution in [2.45, 2.75) is 39.5 Å². The van der Waals surface area contributed by atoms with Crippen molar-refractivity contribution in [2.75, 3.05) is 6.54 Å². The van der Waals surface area contributed by atoms with Crippen molar-refractivity contribution in [3.63, 3.8) is 0 Å². The van der Waals surface area contributed by atoms with E-state index in [9.17, 15) is 4.79 Å². The minimum Gasteiger partial charge on any atom is -0.350 e. The van der Waals surface area contributed by atoms with Crippen LogP contribution in [0.2, 0.25) is 0 Å². The fourth-order valence-corrected chi connectivity index (χ4v) is 2.25. The number of rotatable bonds is 5. The van der Waals surface area contributed by atoms with Gasteiger partial charge in [0.05, 0.1) is 16.6 Å². The molecule has 0 saturated carbocycles. The Balaban J connectivity index is 2.55. The van der Waals surface area contributed by atoms with Crippen LogP contribution < -0.4 is 5.32 Å². The number of hydrogen-bond donors (Lipinski definition) is 1. The van der Waals surface area contributed by atoms with Gasteiger partial charge in [-0.2, -0.15) is 0 Å². The van der Waals surface area contributed by atoms with Gasteiger partial charge in [0.2, 0.25) is 0 Å². The average molecular weight is 269 g/mol. The third-order valence-electron chi connectivity index (χ3n) is 2.68. The first-order valence-electron chi connectivity index (χ1n) is 6.26. The summed E-state index contributed by atoms with van der Waals surface area (Å²) >= 11 is 6.14. The number of alkyl halides is 1. The molecule has 1 amide bonds. The van der Waals surface area contributed by atoms with Gasteiger partial charge in [0, 0.05) is 12.2 Å². The highest BCUT2D eigenvalue weighted by molar-refractivity contribution is 6.21. The van der Waals surface area contributed by atoms with Crippen molar-refractivity contribution in [1.82, 2.24) is 10.3 Å². The average Bonchev–Trinajstić information content (AvgIpc) is 2.25. The standard InChI is InChI=1S/C14H21ClN2O/c1-9(2)7-12(15)8-16-14(18)13-6-5-10(3)17-11(13)4/h5-6,9,12H,7-8H2,1-4H3,(H,16,18). The highest BCUT2D eigenvalue weighted by Crippen LogP contribution is 2.10. The lowest BCUT2D eigenvalue weighted by Crippen LogP contribution is -2.31. The molecule has 1 unspecified atom stereocenters. The van der Waals surface area contributed by atoms with E-state index in [1.54, 1.807) is 6.07 Å². The van der Waals surface area contributed by atoms with E-state index in [-0.39, 0.29) is 11.3 Å². The van der Waals surface area contributed by atoms with E-state index in [1.165, 1.54) is 0 Å². The van der Waals surface area contributed by atoms with E-state index in [4.69, 9.17) is 11.6 Å². The zero-order valence-corrected chi connectivity index (χ0v) is 12.2. The number of aryl methyl sites for hydroxylation is 2. The Kier molecular flexibility index (Phi) is 5.60. The normalized spacial score (nSPS) is 12.6. The van der Waals surface area contributed by atoms with Gasteiger partial charge in [-0.25, -0.2) is 0 Å². The number of amides is 1. The summed E-state index contributed by atoms with van der Waals surface area (Å²) in [6.07, 6.45) is 0.896. The SMILES string of the molecule is Cc1ccc(C(=O)NCC(Cl)CC(C)C)c(C)n1. The first kappa shape index (κ1) is 15.0. The fourth-order valence-electron chi connectivity index (χ4n) is 1.82. The number of halogens is 1. The molecule has 4 heteroatoms. The van der Waals surface area contributed by atoms with Crippen LogP contribution in [0.3, 0.4) is 0 Å². The lowest BCUT2D eigenvalue weighted by molar-refractivity contribution is 0.0952. The molecule has 0 spiro atoms. The zero-order valence-electron chi connectivity index (χ0n) is 11.5. The number of nitrogens with one attached hydrogen (secondary N) is 1. The van der Waals surface area contributed by atoms with Crippen LogP contribution >= 0.6 is 11.6 Å². The number of nitrogens with zero attached hydrogens (tertiary/aromatic N) is 1. The maximum atomic E-state index is 12.0. The van der Waals surface area contributed by atoms with Gasteiger partial charge in [-0.3, -0.25) is 9.78 Å². The number of hydrogen-bond acceptors (Lipinski definition) is 2. The third kappa shape index (κ3) is 4.65. The molecule has 0 aliphatic rings. The van der Waals surface area contributed by atoms with Crippen molar-refractivity contribution in [3.05, 3.63) is 29.1 Å². The van der Waals surface area contributed by atoms with Gasteiger partial charge in [-0.05, 0) is 38.3 Å². The summed E-state index contributed by atoms with van der Waals surface area (Å²) < 4.78 is 0. The van der Waals surface area contributed by atoms with Gasteiger partial charge >= 0.3 is 0 Å². The molecule has 1 N–H and O–H groups in total. The monoisotopic (exact) mass is 268 g/mol. The molecule has 1 atom stereocenters. The highest BCUT2D eigenvalue weighted by atomic mass is 35.5. The Hall–Kier alpha value is -1.09. The summed E-state index contributed by atoms with van der Waals surface area (Å²) in [5.74, 6) is 0.432. The molecule has 0 fully saturated rings. The Bertz CT molecular complexity index is 418. The Morgan fingerprint density at radius 3 is 2.61 bits per heavy atom. The Morgan fingerprint density at radius 2 is 2.06 bits per heavy atom. The number of carbonyl (C=O) groups is 1. The van der Waals surface area contributed by atoms with Crippen LogP contribution in [-0.2, 0) is 0 Å². The summed E-state index contributed by atoms with van der Waals surface area (Å²) in [7, 11) is 0. The lowest BCUT2D eigenvalue weighted by Gasteiger charge is -2.13. The Labute approximate surface area is 114 Å². The molecule has 0 bridgehead atoms. The molecule has 1 aromatic rings. The largest absolute Gasteiger partial charge is 0.350 e. The maximum absolute atomic E-state index is 12.0. The van der Waals surface area contributed by atoms with E-state index in [1.807, 2.05) is 19.9 Å². The molecule has 1 rings (SSSR count). The van der Waals surface area contributed by atoms with Gasteiger partial charge in [0.15, 0.2) is 0 Å². The van der Waals surface area contributed by atoms with E-state index < -0.39 is 0 Å². The van der Waals surface area contributed by atoms with Crippen molar-refractivity contribution in [2.24, 2.45) is 5.92 Å². The molecular formula is C14H21ClN2O. The van der Waals surface area contributed by atoms with E-state index >= 15 is 0 Å². The molecule has 1 heterocycles. The van der Waals surface area contributed by atoms with Crippen LogP contribution in [0.15, 0.2) is 12.1 Å². The van der Waals surface area contributed by atoms with Gasteiger partial charge in [-0.15, -0.1) is 11.6 Å². The van der Waals surface area contributed by atoms with Gasteiger partial charge in [-0.1, -0.05) is 13.8 Å². The summed E-state index contributed by atoms with van der Waals surface area (Å²) in [6, 6.07) is 3.65. The minimum absolute atomic E-state index is 0.0207. The van der Waals surface area contributed by atoms with E-state index in [2.05, 4.69) is 24.1 Å². The topological polar surface area (TPSA) is 42.0 Å². The van der Waals surface area contributed by atoms with Crippen molar-refractivity contribution < 1.29 is 4.79 Å². The lowest BCUT2D eigenvalue weighted by atomic mass is 10.1. The fraction of sp³-hybridized carbons (Fsp3) is 0.571. The second kappa shape index (κ2) is 6.74. The summed E-state index contributed by atoms with van der Waals surface area (Å²) in [5.41, 5.74) is 2.29. The highest BCUT2D eigenvalue weighted by Gasteiger charge is 2.12. The summed E-state index contributed by atoms with van der Waals surface area (Å²) in [5, 5.41) is 2.83. The van der Waals surface area contributed by atoms with Crippen LogP contribution in [0.1, 0.15) is 42.0 Å². The zero-order chi connectivity index (χ0) is 13.7. The molecule has 3 nitrogen and oxygen atoms in total. The minimum atomic E-state index is -0.102. The van der Waals surface area contributed by atoms with Crippen molar-refractivity contribution >= 4 is 17.5 Å². The van der Waals surface area contributed by atoms with Crippen LogP contribution in [0.5, 0.6) is 0 Å². The molecule has 100 valence electrons. The third-order valence-corrected chi connectivity index (χ3v) is 3.01. The van der Waals surface area contributed by atoms with E-state index in [0.29, 0.717) is 18.0 Å². The molecule has 0 aromatic carbocycles.